The van der Waals surface area contributed by atoms with Crippen molar-refractivity contribution in [3.63, 3.8) is 0 Å². The van der Waals surface area contributed by atoms with Gasteiger partial charge in [0.05, 0.1) is 19.1 Å². The number of amides is 2. The smallest absolute Gasteiger partial charge is 0.236 e. The molecule has 1 aliphatic heterocycles. The molecule has 6 nitrogen and oxygen atoms in total. The first-order valence-corrected chi connectivity index (χ1v) is 6.48. The van der Waals surface area contributed by atoms with E-state index in [1.807, 2.05) is 11.8 Å². The predicted molar refractivity (Wildman–Crippen MR) is 67.7 cm³/mol. The number of carbonyl (C=O) groups excluding carboxylic acids is 2. The fourth-order valence-corrected chi connectivity index (χ4v) is 2.22. The topological polar surface area (TPSA) is 86.9 Å². The fourth-order valence-electron chi connectivity index (χ4n) is 2.22. The van der Waals surface area contributed by atoms with Crippen LogP contribution in [-0.4, -0.2) is 66.1 Å². The van der Waals surface area contributed by atoms with Gasteiger partial charge in [-0.1, -0.05) is 6.92 Å². The van der Waals surface area contributed by atoms with Crippen LogP contribution in [0.15, 0.2) is 0 Å². The van der Waals surface area contributed by atoms with Gasteiger partial charge in [-0.25, -0.2) is 0 Å². The molecular weight excluding hydrogens is 234 g/mol. The molecule has 1 rings (SSSR count). The Morgan fingerprint density at radius 2 is 2.22 bits per heavy atom. The van der Waals surface area contributed by atoms with Crippen LogP contribution < -0.4 is 5.73 Å². The summed E-state index contributed by atoms with van der Waals surface area (Å²) in [6.07, 6.45) is 1.60. The number of piperidine rings is 1. The molecule has 104 valence electrons. The maximum absolute atomic E-state index is 12.1. The number of nitrogens with zero attached hydrogens (tertiary/aromatic N) is 2. The largest absolute Gasteiger partial charge is 0.395 e. The molecule has 1 atom stereocenters. The Morgan fingerprint density at radius 3 is 2.78 bits per heavy atom. The molecule has 6 heteroatoms. The lowest BCUT2D eigenvalue weighted by Crippen LogP contribution is -2.48. The third-order valence-corrected chi connectivity index (χ3v) is 3.40. The minimum atomic E-state index is -0.324. The summed E-state index contributed by atoms with van der Waals surface area (Å²) in [6, 6.07) is 0. The Kier molecular flexibility index (Phi) is 6.07. The molecule has 0 aromatic heterocycles. The van der Waals surface area contributed by atoms with Crippen LogP contribution in [0, 0.1) is 5.92 Å². The highest BCUT2D eigenvalue weighted by atomic mass is 16.3. The first kappa shape index (κ1) is 14.9. The highest BCUT2D eigenvalue weighted by Crippen LogP contribution is 2.16. The van der Waals surface area contributed by atoms with Gasteiger partial charge >= 0.3 is 0 Å². The normalized spacial score (nSPS) is 20.2. The number of hydrogen-bond donors (Lipinski definition) is 2. The molecule has 3 N–H and O–H groups in total. The molecule has 1 fully saturated rings. The molecule has 0 saturated carbocycles. The number of aliphatic hydroxyl groups is 1. The van der Waals surface area contributed by atoms with Crippen LogP contribution in [0.25, 0.3) is 0 Å². The Labute approximate surface area is 108 Å². The van der Waals surface area contributed by atoms with E-state index in [1.54, 1.807) is 4.90 Å². The molecule has 1 saturated heterocycles. The molecule has 2 amide bonds. The second-order valence-electron chi connectivity index (χ2n) is 4.67. The first-order chi connectivity index (χ1) is 8.58. The van der Waals surface area contributed by atoms with Gasteiger partial charge in [0.15, 0.2) is 0 Å². The third kappa shape index (κ3) is 4.27. The quantitative estimate of drug-likeness (QED) is 0.640. The van der Waals surface area contributed by atoms with Crippen LogP contribution in [-0.2, 0) is 9.59 Å². The van der Waals surface area contributed by atoms with E-state index in [9.17, 15) is 9.59 Å². The Hall–Kier alpha value is -1.14. The van der Waals surface area contributed by atoms with Crippen LogP contribution in [0.1, 0.15) is 19.8 Å². The lowest BCUT2D eigenvalue weighted by Gasteiger charge is -2.32. The number of aliphatic hydroxyl groups excluding tert-OH is 1. The Balaban J connectivity index is 2.47. The standard InChI is InChI=1S/C12H23N3O3/c1-2-14(6-7-16)9-11(17)15-5-3-4-10(8-15)12(13)18/h10,16H,2-9H2,1H3,(H2,13,18). The maximum atomic E-state index is 12.1. The number of likely N-dealkylation sites (N-methyl/N-ethyl adjacent to an activating group) is 1. The van der Waals surface area contributed by atoms with Crippen molar-refractivity contribution in [1.29, 1.82) is 0 Å². The summed E-state index contributed by atoms with van der Waals surface area (Å²) >= 11 is 0. The van der Waals surface area contributed by atoms with Gasteiger partial charge in [-0.05, 0) is 19.4 Å². The van der Waals surface area contributed by atoms with Gasteiger partial charge in [-0.15, -0.1) is 0 Å². The number of carbonyl (C=O) groups is 2. The zero-order chi connectivity index (χ0) is 13.5. The minimum Gasteiger partial charge on any atom is -0.395 e. The van der Waals surface area contributed by atoms with Crippen molar-refractivity contribution < 1.29 is 14.7 Å². The highest BCUT2D eigenvalue weighted by Gasteiger charge is 2.27. The van der Waals surface area contributed by atoms with Crippen molar-refractivity contribution in [1.82, 2.24) is 9.80 Å². The van der Waals surface area contributed by atoms with Gasteiger partial charge < -0.3 is 15.7 Å². The van der Waals surface area contributed by atoms with Crippen molar-refractivity contribution >= 4 is 11.8 Å². The van der Waals surface area contributed by atoms with Gasteiger partial charge in [0.25, 0.3) is 0 Å². The SMILES string of the molecule is CCN(CCO)CC(=O)N1CCCC(C(N)=O)C1. The van der Waals surface area contributed by atoms with Gasteiger partial charge in [0.2, 0.25) is 11.8 Å². The van der Waals surface area contributed by atoms with Crippen molar-refractivity contribution in [2.75, 3.05) is 39.3 Å². The lowest BCUT2D eigenvalue weighted by atomic mass is 9.97. The van der Waals surface area contributed by atoms with Gasteiger partial charge in [-0.3, -0.25) is 14.5 Å². The van der Waals surface area contributed by atoms with Gasteiger partial charge in [0, 0.05) is 19.6 Å². The number of hydrogen-bond acceptors (Lipinski definition) is 4. The zero-order valence-electron chi connectivity index (χ0n) is 11.0. The summed E-state index contributed by atoms with van der Waals surface area (Å²) in [5, 5.41) is 8.88. The van der Waals surface area contributed by atoms with Crippen LogP contribution in [0.3, 0.4) is 0 Å². The van der Waals surface area contributed by atoms with E-state index in [0.717, 1.165) is 19.4 Å². The van der Waals surface area contributed by atoms with Gasteiger partial charge in [0.1, 0.15) is 0 Å². The second kappa shape index (κ2) is 7.33. The van der Waals surface area contributed by atoms with Crippen molar-refractivity contribution in [2.45, 2.75) is 19.8 Å². The third-order valence-electron chi connectivity index (χ3n) is 3.40. The van der Waals surface area contributed by atoms with Gasteiger partial charge in [-0.2, -0.15) is 0 Å². The summed E-state index contributed by atoms with van der Waals surface area (Å²) in [7, 11) is 0. The molecule has 1 aliphatic rings. The molecule has 0 radical (unpaired) electrons. The van der Waals surface area contributed by atoms with E-state index in [0.29, 0.717) is 26.2 Å². The Bertz CT molecular complexity index is 296. The fraction of sp³-hybridized carbons (Fsp3) is 0.833. The number of rotatable bonds is 6. The predicted octanol–water partition coefficient (Wildman–Crippen LogP) is -0.975. The summed E-state index contributed by atoms with van der Waals surface area (Å²) in [4.78, 5) is 26.8. The van der Waals surface area contributed by atoms with E-state index >= 15 is 0 Å². The first-order valence-electron chi connectivity index (χ1n) is 6.48. The molecular formula is C12H23N3O3. The summed E-state index contributed by atoms with van der Waals surface area (Å²) in [6.45, 7) is 4.64. The average Bonchev–Trinajstić information content (AvgIpc) is 2.38. The van der Waals surface area contributed by atoms with E-state index in [-0.39, 0.29) is 24.3 Å². The molecule has 18 heavy (non-hydrogen) atoms. The van der Waals surface area contributed by atoms with Crippen LogP contribution in [0.5, 0.6) is 0 Å². The van der Waals surface area contributed by atoms with Crippen LogP contribution in [0.2, 0.25) is 0 Å². The van der Waals surface area contributed by atoms with Crippen molar-refractivity contribution in [3.05, 3.63) is 0 Å². The average molecular weight is 257 g/mol. The van der Waals surface area contributed by atoms with E-state index in [2.05, 4.69) is 0 Å². The summed E-state index contributed by atoms with van der Waals surface area (Å²) in [5.41, 5.74) is 5.28. The van der Waals surface area contributed by atoms with Crippen LogP contribution >= 0.6 is 0 Å². The second-order valence-corrected chi connectivity index (χ2v) is 4.67. The Morgan fingerprint density at radius 1 is 1.50 bits per heavy atom. The van der Waals surface area contributed by atoms with Crippen molar-refractivity contribution in [2.24, 2.45) is 11.7 Å². The molecule has 0 aromatic rings. The molecule has 0 aromatic carbocycles. The number of nitrogens with two attached hydrogens (primary N) is 1. The molecule has 0 bridgehead atoms. The van der Waals surface area contributed by atoms with E-state index in [4.69, 9.17) is 10.8 Å². The maximum Gasteiger partial charge on any atom is 0.236 e. The van der Waals surface area contributed by atoms with E-state index < -0.39 is 0 Å². The number of likely N-dealkylation sites (tertiary alicyclic amines) is 1. The van der Waals surface area contributed by atoms with Crippen molar-refractivity contribution in [3.8, 4) is 0 Å². The summed E-state index contributed by atoms with van der Waals surface area (Å²) in [5.74, 6) is -0.526. The van der Waals surface area contributed by atoms with E-state index in [1.165, 1.54) is 0 Å². The number of primary amides is 1. The molecule has 0 spiro atoms. The highest BCUT2D eigenvalue weighted by molar-refractivity contribution is 5.81. The molecule has 1 unspecified atom stereocenters. The summed E-state index contributed by atoms with van der Waals surface area (Å²) < 4.78 is 0. The minimum absolute atomic E-state index is 0.0104. The van der Waals surface area contributed by atoms with Crippen LogP contribution in [0.4, 0.5) is 0 Å². The monoisotopic (exact) mass is 257 g/mol. The zero-order valence-corrected chi connectivity index (χ0v) is 11.0. The lowest BCUT2D eigenvalue weighted by molar-refractivity contribution is -0.136. The molecule has 0 aliphatic carbocycles. The molecule has 1 heterocycles.